The monoisotopic (exact) mass is 363 g/mol. The first kappa shape index (κ1) is 14.7. The topological polar surface area (TPSA) is 64.6 Å². The number of amides is 1. The number of ether oxygens (including phenoxy) is 2. The molecule has 98 valence electrons. The molecule has 0 fully saturated rings. The minimum atomic E-state index is -0.634. The first-order chi connectivity index (χ1) is 8.72. The van der Waals surface area contributed by atoms with Crippen LogP contribution in [0.15, 0.2) is 30.3 Å². The number of alkyl carbamates (subject to hydrolysis) is 1. The number of hydrogen-bond donors (Lipinski definition) is 1. The third-order valence-electron chi connectivity index (χ3n) is 1.93. The number of alkyl halides is 1. The Morgan fingerprint density at radius 2 is 1.89 bits per heavy atom. The van der Waals surface area contributed by atoms with Crippen LogP contribution in [0.2, 0.25) is 0 Å². The molecule has 18 heavy (non-hydrogen) atoms. The molecular formula is C12H14INO4. The van der Waals surface area contributed by atoms with Crippen LogP contribution < -0.4 is 5.32 Å². The van der Waals surface area contributed by atoms with Crippen LogP contribution in [-0.4, -0.2) is 29.6 Å². The van der Waals surface area contributed by atoms with Crippen molar-refractivity contribution in [1.82, 2.24) is 5.32 Å². The van der Waals surface area contributed by atoms with Crippen LogP contribution >= 0.6 is 22.6 Å². The summed E-state index contributed by atoms with van der Waals surface area (Å²) in [4.78, 5) is 22.3. The Kier molecular flexibility index (Phi) is 7.16. The van der Waals surface area contributed by atoms with E-state index in [2.05, 4.69) is 27.9 Å². The standard InChI is InChI=1S/C12H14INO4/c13-6-7-17-11(15)8-14-12(16)18-9-10-4-2-1-3-5-10/h1-5H,6-9H2,(H,14,16). The number of esters is 1. The van der Waals surface area contributed by atoms with Gasteiger partial charge in [-0.1, -0.05) is 52.9 Å². The van der Waals surface area contributed by atoms with Gasteiger partial charge in [-0.25, -0.2) is 4.79 Å². The number of carbonyl (C=O) groups excluding carboxylic acids is 2. The molecule has 5 nitrogen and oxygen atoms in total. The van der Waals surface area contributed by atoms with Crippen molar-refractivity contribution in [3.63, 3.8) is 0 Å². The maximum absolute atomic E-state index is 11.3. The van der Waals surface area contributed by atoms with Gasteiger partial charge in [-0.3, -0.25) is 4.79 Å². The molecular weight excluding hydrogens is 349 g/mol. The van der Waals surface area contributed by atoms with Gasteiger partial charge < -0.3 is 14.8 Å². The molecule has 0 saturated heterocycles. The van der Waals surface area contributed by atoms with Crippen molar-refractivity contribution in [2.45, 2.75) is 6.61 Å². The van der Waals surface area contributed by atoms with E-state index in [1.165, 1.54) is 0 Å². The molecule has 0 saturated carbocycles. The molecule has 6 heteroatoms. The summed E-state index contributed by atoms with van der Waals surface area (Å²) in [6.45, 7) is 0.347. The highest BCUT2D eigenvalue weighted by Crippen LogP contribution is 2.00. The average molecular weight is 363 g/mol. The molecule has 0 aliphatic heterocycles. The van der Waals surface area contributed by atoms with E-state index in [-0.39, 0.29) is 13.2 Å². The van der Waals surface area contributed by atoms with Gasteiger partial charge in [0.25, 0.3) is 0 Å². The Morgan fingerprint density at radius 1 is 1.17 bits per heavy atom. The fourth-order valence-electron chi connectivity index (χ4n) is 1.12. The molecule has 0 aliphatic rings. The molecule has 1 amide bonds. The van der Waals surface area contributed by atoms with Crippen LogP contribution in [0.3, 0.4) is 0 Å². The van der Waals surface area contributed by atoms with Gasteiger partial charge in [-0.05, 0) is 5.56 Å². The van der Waals surface area contributed by atoms with E-state index in [0.717, 1.165) is 9.99 Å². The Labute approximate surface area is 119 Å². The third-order valence-corrected chi connectivity index (χ3v) is 2.37. The van der Waals surface area contributed by atoms with Crippen LogP contribution in [0, 0.1) is 0 Å². The molecule has 1 aromatic carbocycles. The second-order valence-corrected chi connectivity index (χ2v) is 4.40. The minimum absolute atomic E-state index is 0.176. The smallest absolute Gasteiger partial charge is 0.407 e. The summed E-state index contributed by atoms with van der Waals surface area (Å²) in [5.74, 6) is -0.469. The van der Waals surface area contributed by atoms with E-state index in [9.17, 15) is 9.59 Å². The summed E-state index contributed by atoms with van der Waals surface area (Å²) in [5, 5.41) is 2.32. The average Bonchev–Trinajstić information content (AvgIpc) is 2.41. The fourth-order valence-corrected chi connectivity index (χ4v) is 1.34. The molecule has 0 bridgehead atoms. The van der Waals surface area contributed by atoms with Crippen LogP contribution in [0.1, 0.15) is 5.56 Å². The normalized spacial score (nSPS) is 9.61. The zero-order chi connectivity index (χ0) is 13.2. The molecule has 1 aromatic rings. The van der Waals surface area contributed by atoms with E-state index >= 15 is 0 Å². The third kappa shape index (κ3) is 6.43. The first-order valence-corrected chi connectivity index (χ1v) is 6.91. The van der Waals surface area contributed by atoms with E-state index < -0.39 is 12.1 Å². The van der Waals surface area contributed by atoms with Gasteiger partial charge in [0.15, 0.2) is 0 Å². The Hall–Kier alpha value is -1.31. The lowest BCUT2D eigenvalue weighted by Gasteiger charge is -2.06. The van der Waals surface area contributed by atoms with Gasteiger partial charge in [0.2, 0.25) is 0 Å². The fraction of sp³-hybridized carbons (Fsp3) is 0.333. The van der Waals surface area contributed by atoms with Crippen molar-refractivity contribution in [2.75, 3.05) is 17.6 Å². The Balaban J connectivity index is 2.16. The SMILES string of the molecule is O=C(CNC(=O)OCc1ccccc1)OCCI. The molecule has 0 aromatic heterocycles. The van der Waals surface area contributed by atoms with Crippen LogP contribution in [0.5, 0.6) is 0 Å². The highest BCUT2D eigenvalue weighted by atomic mass is 127. The van der Waals surface area contributed by atoms with Crippen LogP contribution in [0.25, 0.3) is 0 Å². The first-order valence-electron chi connectivity index (χ1n) is 5.38. The zero-order valence-electron chi connectivity index (χ0n) is 9.73. The molecule has 0 heterocycles. The zero-order valence-corrected chi connectivity index (χ0v) is 11.9. The summed E-state index contributed by atoms with van der Waals surface area (Å²) in [6.07, 6.45) is -0.634. The highest BCUT2D eigenvalue weighted by molar-refractivity contribution is 14.1. The maximum atomic E-state index is 11.3. The van der Waals surface area contributed by atoms with Crippen molar-refractivity contribution in [3.8, 4) is 0 Å². The molecule has 0 aliphatic carbocycles. The van der Waals surface area contributed by atoms with Gasteiger partial charge in [0, 0.05) is 4.43 Å². The maximum Gasteiger partial charge on any atom is 0.407 e. The van der Waals surface area contributed by atoms with Gasteiger partial charge in [-0.15, -0.1) is 0 Å². The van der Waals surface area contributed by atoms with Crippen LogP contribution in [0.4, 0.5) is 4.79 Å². The number of nitrogens with one attached hydrogen (secondary N) is 1. The van der Waals surface area contributed by atoms with Crippen molar-refractivity contribution in [3.05, 3.63) is 35.9 Å². The second kappa shape index (κ2) is 8.73. The second-order valence-electron chi connectivity index (χ2n) is 3.32. The quantitative estimate of drug-likeness (QED) is 0.476. The van der Waals surface area contributed by atoms with Gasteiger partial charge in [-0.2, -0.15) is 0 Å². The number of halogens is 1. The predicted molar refractivity (Wildman–Crippen MR) is 74.5 cm³/mol. The Bertz CT molecular complexity index is 383. The van der Waals surface area contributed by atoms with Crippen molar-refractivity contribution in [2.24, 2.45) is 0 Å². The van der Waals surface area contributed by atoms with E-state index in [1.54, 1.807) is 0 Å². The number of carbonyl (C=O) groups is 2. The molecule has 0 unspecified atom stereocenters. The van der Waals surface area contributed by atoms with Gasteiger partial charge in [0.1, 0.15) is 19.8 Å². The molecule has 0 spiro atoms. The summed E-state index contributed by atoms with van der Waals surface area (Å²) < 4.78 is 10.4. The summed E-state index contributed by atoms with van der Waals surface area (Å²) in [6, 6.07) is 9.30. The lowest BCUT2D eigenvalue weighted by Crippen LogP contribution is -2.31. The van der Waals surface area contributed by atoms with Gasteiger partial charge in [0.05, 0.1) is 0 Å². The number of hydrogen-bond acceptors (Lipinski definition) is 4. The lowest BCUT2D eigenvalue weighted by atomic mass is 10.2. The minimum Gasteiger partial charge on any atom is -0.464 e. The molecule has 0 radical (unpaired) electrons. The lowest BCUT2D eigenvalue weighted by molar-refractivity contribution is -0.141. The number of rotatable bonds is 6. The summed E-state index contributed by atoms with van der Waals surface area (Å²) in [7, 11) is 0. The van der Waals surface area contributed by atoms with Crippen molar-refractivity contribution in [1.29, 1.82) is 0 Å². The van der Waals surface area contributed by atoms with Gasteiger partial charge >= 0.3 is 12.1 Å². The molecule has 0 atom stereocenters. The van der Waals surface area contributed by atoms with E-state index in [0.29, 0.717) is 6.61 Å². The Morgan fingerprint density at radius 3 is 2.56 bits per heavy atom. The number of benzene rings is 1. The summed E-state index contributed by atoms with van der Waals surface area (Å²) in [5.41, 5.74) is 0.889. The predicted octanol–water partition coefficient (Wildman–Crippen LogP) is 1.89. The molecule has 1 rings (SSSR count). The summed E-state index contributed by atoms with van der Waals surface area (Å²) >= 11 is 2.09. The van der Waals surface area contributed by atoms with Crippen molar-refractivity contribution < 1.29 is 19.1 Å². The largest absolute Gasteiger partial charge is 0.464 e. The molecule has 1 N–H and O–H groups in total. The van der Waals surface area contributed by atoms with E-state index in [1.807, 2.05) is 30.3 Å². The van der Waals surface area contributed by atoms with Crippen molar-refractivity contribution >= 4 is 34.7 Å². The highest BCUT2D eigenvalue weighted by Gasteiger charge is 2.07. The van der Waals surface area contributed by atoms with E-state index in [4.69, 9.17) is 9.47 Å². The van der Waals surface area contributed by atoms with Crippen LogP contribution in [-0.2, 0) is 20.9 Å².